The molecule has 0 aliphatic rings. The highest BCUT2D eigenvalue weighted by atomic mass is 16.4. The number of aromatic carboxylic acids is 1. The molecule has 0 spiro atoms. The second-order valence-electron chi connectivity index (χ2n) is 8.02. The number of aryl methyl sites for hydroxylation is 1. The van der Waals surface area contributed by atoms with E-state index in [1.807, 2.05) is 55.5 Å². The van der Waals surface area contributed by atoms with Crippen molar-refractivity contribution < 1.29 is 19.5 Å². The first-order chi connectivity index (χ1) is 16.9. The van der Waals surface area contributed by atoms with Gasteiger partial charge in [0, 0.05) is 24.2 Å². The standard InChI is InChI=1S/C26H25N5O4/c1-17-6-12-20(13-7-17)29-26(35)27-14-15-31-23(21-4-2-3-5-22(21)30-31)24(32)28-16-18-8-10-19(11-9-18)25(33)34/h2-13H,14-16H2,1H3,(H,28,32)(H,33,34)(H2,27,29,35). The predicted molar refractivity (Wildman–Crippen MR) is 133 cm³/mol. The minimum absolute atomic E-state index is 0.183. The van der Waals surface area contributed by atoms with E-state index in [1.165, 1.54) is 12.1 Å². The van der Waals surface area contributed by atoms with Crippen LogP contribution in [-0.2, 0) is 13.1 Å². The third-order valence-corrected chi connectivity index (χ3v) is 5.43. The Morgan fingerprint density at radius 3 is 2.34 bits per heavy atom. The van der Waals surface area contributed by atoms with Crippen molar-refractivity contribution in [3.63, 3.8) is 0 Å². The lowest BCUT2D eigenvalue weighted by atomic mass is 10.1. The van der Waals surface area contributed by atoms with E-state index >= 15 is 0 Å². The molecular weight excluding hydrogens is 446 g/mol. The Morgan fingerprint density at radius 2 is 1.63 bits per heavy atom. The number of carbonyl (C=O) groups excluding carboxylic acids is 2. The number of nitrogens with zero attached hydrogens (tertiary/aromatic N) is 2. The summed E-state index contributed by atoms with van der Waals surface area (Å²) in [7, 11) is 0. The highest BCUT2D eigenvalue weighted by molar-refractivity contribution is 6.05. The maximum Gasteiger partial charge on any atom is 0.335 e. The smallest absolute Gasteiger partial charge is 0.335 e. The zero-order valence-electron chi connectivity index (χ0n) is 19.1. The summed E-state index contributed by atoms with van der Waals surface area (Å²) in [5, 5.41) is 22.7. The van der Waals surface area contributed by atoms with E-state index in [1.54, 1.807) is 16.8 Å². The van der Waals surface area contributed by atoms with Crippen LogP contribution in [0, 0.1) is 6.92 Å². The van der Waals surface area contributed by atoms with Crippen molar-refractivity contribution in [2.24, 2.45) is 0 Å². The SMILES string of the molecule is Cc1ccc(NC(=O)NCCn2nc3ccccc3c2C(=O)NCc2ccc(C(=O)O)cc2)cc1. The molecule has 0 aliphatic carbocycles. The van der Waals surface area contributed by atoms with E-state index in [9.17, 15) is 14.4 Å². The summed E-state index contributed by atoms with van der Waals surface area (Å²) in [6.07, 6.45) is 0. The van der Waals surface area contributed by atoms with E-state index in [-0.39, 0.29) is 30.6 Å². The Hall–Kier alpha value is -4.66. The molecule has 0 bridgehead atoms. The van der Waals surface area contributed by atoms with Crippen molar-refractivity contribution in [1.29, 1.82) is 0 Å². The lowest BCUT2D eigenvalue weighted by Gasteiger charge is -2.11. The number of carbonyl (C=O) groups is 3. The van der Waals surface area contributed by atoms with Crippen molar-refractivity contribution in [2.75, 3.05) is 11.9 Å². The minimum Gasteiger partial charge on any atom is -0.478 e. The Kier molecular flexibility index (Phi) is 7.06. The Balaban J connectivity index is 1.41. The lowest BCUT2D eigenvalue weighted by molar-refractivity contribution is 0.0696. The van der Waals surface area contributed by atoms with Crippen LogP contribution in [0.1, 0.15) is 32.0 Å². The van der Waals surface area contributed by atoms with Crippen molar-refractivity contribution in [1.82, 2.24) is 20.4 Å². The molecule has 0 fully saturated rings. The van der Waals surface area contributed by atoms with Crippen LogP contribution in [0.5, 0.6) is 0 Å². The quantitative estimate of drug-likeness (QED) is 0.311. The highest BCUT2D eigenvalue weighted by Crippen LogP contribution is 2.18. The molecule has 0 radical (unpaired) electrons. The summed E-state index contributed by atoms with van der Waals surface area (Å²) >= 11 is 0. The average molecular weight is 472 g/mol. The van der Waals surface area contributed by atoms with E-state index < -0.39 is 5.97 Å². The molecule has 178 valence electrons. The van der Waals surface area contributed by atoms with Gasteiger partial charge in [0.2, 0.25) is 0 Å². The number of fused-ring (bicyclic) bond motifs is 1. The molecule has 0 aliphatic heterocycles. The number of aromatic nitrogens is 2. The van der Waals surface area contributed by atoms with Crippen LogP contribution < -0.4 is 16.0 Å². The van der Waals surface area contributed by atoms with Gasteiger partial charge in [0.05, 0.1) is 17.6 Å². The zero-order valence-corrected chi connectivity index (χ0v) is 19.1. The molecule has 0 saturated heterocycles. The van der Waals surface area contributed by atoms with Gasteiger partial charge in [-0.05, 0) is 42.8 Å². The number of hydrogen-bond acceptors (Lipinski definition) is 4. The van der Waals surface area contributed by atoms with Crippen molar-refractivity contribution in [2.45, 2.75) is 20.0 Å². The first kappa shape index (κ1) is 23.5. The van der Waals surface area contributed by atoms with Gasteiger partial charge in [0.15, 0.2) is 0 Å². The second kappa shape index (κ2) is 10.5. The van der Waals surface area contributed by atoms with Crippen LogP contribution in [0.2, 0.25) is 0 Å². The summed E-state index contributed by atoms with van der Waals surface area (Å²) in [6, 6.07) is 20.8. The fraction of sp³-hybridized carbons (Fsp3) is 0.154. The van der Waals surface area contributed by atoms with Crippen LogP contribution in [0.3, 0.4) is 0 Å². The van der Waals surface area contributed by atoms with Gasteiger partial charge in [-0.25, -0.2) is 9.59 Å². The van der Waals surface area contributed by atoms with Crippen LogP contribution in [0.25, 0.3) is 10.9 Å². The largest absolute Gasteiger partial charge is 0.478 e. The molecule has 0 atom stereocenters. The van der Waals surface area contributed by atoms with Gasteiger partial charge >= 0.3 is 12.0 Å². The molecule has 9 heteroatoms. The molecule has 1 heterocycles. The first-order valence-corrected chi connectivity index (χ1v) is 11.1. The molecule has 9 nitrogen and oxygen atoms in total. The Bertz CT molecular complexity index is 1360. The maximum absolute atomic E-state index is 13.1. The lowest BCUT2D eigenvalue weighted by Crippen LogP contribution is -2.33. The summed E-state index contributed by atoms with van der Waals surface area (Å²) in [5.74, 6) is -1.32. The number of benzene rings is 3. The summed E-state index contributed by atoms with van der Waals surface area (Å²) < 4.78 is 1.58. The fourth-order valence-electron chi connectivity index (χ4n) is 3.60. The molecular formula is C26H25N5O4. The number of rotatable bonds is 8. The monoisotopic (exact) mass is 471 g/mol. The van der Waals surface area contributed by atoms with Gasteiger partial charge < -0.3 is 21.1 Å². The van der Waals surface area contributed by atoms with Gasteiger partial charge in [-0.3, -0.25) is 9.48 Å². The molecule has 4 aromatic rings. The number of nitrogens with one attached hydrogen (secondary N) is 3. The molecule has 35 heavy (non-hydrogen) atoms. The Labute approximate surface area is 201 Å². The van der Waals surface area contributed by atoms with Crippen LogP contribution in [0.15, 0.2) is 72.8 Å². The van der Waals surface area contributed by atoms with Gasteiger partial charge in [-0.1, -0.05) is 48.0 Å². The second-order valence-corrected chi connectivity index (χ2v) is 8.02. The molecule has 4 rings (SSSR count). The van der Waals surface area contributed by atoms with E-state index in [0.29, 0.717) is 28.8 Å². The molecule has 0 saturated carbocycles. The average Bonchev–Trinajstić information content (AvgIpc) is 3.22. The van der Waals surface area contributed by atoms with Gasteiger partial charge in [-0.15, -0.1) is 0 Å². The summed E-state index contributed by atoms with van der Waals surface area (Å²) in [6.45, 7) is 2.77. The number of anilines is 1. The van der Waals surface area contributed by atoms with Crippen molar-refractivity contribution in [3.05, 3.63) is 95.2 Å². The van der Waals surface area contributed by atoms with E-state index in [2.05, 4.69) is 21.0 Å². The highest BCUT2D eigenvalue weighted by Gasteiger charge is 2.18. The predicted octanol–water partition coefficient (Wildman–Crippen LogP) is 3.79. The molecule has 4 N–H and O–H groups in total. The molecule has 0 unspecified atom stereocenters. The number of carboxylic acid groups (broad SMARTS) is 1. The van der Waals surface area contributed by atoms with Crippen molar-refractivity contribution in [3.8, 4) is 0 Å². The minimum atomic E-state index is -1.00. The maximum atomic E-state index is 13.1. The third kappa shape index (κ3) is 5.83. The third-order valence-electron chi connectivity index (χ3n) is 5.43. The number of urea groups is 1. The van der Waals surface area contributed by atoms with Gasteiger partial charge in [0.25, 0.3) is 5.91 Å². The van der Waals surface area contributed by atoms with E-state index in [4.69, 9.17) is 5.11 Å². The topological polar surface area (TPSA) is 125 Å². The van der Waals surface area contributed by atoms with Crippen LogP contribution in [-0.4, -0.2) is 39.3 Å². The molecule has 3 amide bonds. The zero-order chi connectivity index (χ0) is 24.8. The fourth-order valence-corrected chi connectivity index (χ4v) is 3.60. The van der Waals surface area contributed by atoms with Crippen LogP contribution >= 0.6 is 0 Å². The van der Waals surface area contributed by atoms with Crippen LogP contribution in [0.4, 0.5) is 10.5 Å². The number of carboxylic acids is 1. The number of amides is 3. The first-order valence-electron chi connectivity index (χ1n) is 11.1. The summed E-state index contributed by atoms with van der Waals surface area (Å²) in [4.78, 5) is 36.3. The van der Waals surface area contributed by atoms with Crippen molar-refractivity contribution >= 4 is 34.5 Å². The molecule has 3 aromatic carbocycles. The van der Waals surface area contributed by atoms with Gasteiger partial charge in [0.1, 0.15) is 5.69 Å². The summed E-state index contributed by atoms with van der Waals surface area (Å²) in [5.41, 5.74) is 3.81. The van der Waals surface area contributed by atoms with E-state index in [0.717, 1.165) is 11.1 Å². The number of hydrogen-bond donors (Lipinski definition) is 4. The molecule has 1 aromatic heterocycles. The van der Waals surface area contributed by atoms with Gasteiger partial charge in [-0.2, -0.15) is 5.10 Å². The normalized spacial score (nSPS) is 10.7. The Morgan fingerprint density at radius 1 is 0.914 bits per heavy atom.